The van der Waals surface area contributed by atoms with E-state index in [0.29, 0.717) is 33.6 Å². The van der Waals surface area contributed by atoms with E-state index in [9.17, 15) is 14.7 Å². The van der Waals surface area contributed by atoms with Gasteiger partial charge in [-0.2, -0.15) is 5.10 Å². The average Bonchev–Trinajstić information content (AvgIpc) is 3.43. The van der Waals surface area contributed by atoms with E-state index in [1.54, 1.807) is 59.3 Å². The fourth-order valence-corrected chi connectivity index (χ4v) is 5.92. The molecule has 0 radical (unpaired) electrons. The lowest BCUT2D eigenvalue weighted by atomic mass is 9.96. The van der Waals surface area contributed by atoms with Crippen molar-refractivity contribution in [2.45, 2.75) is 39.8 Å². The summed E-state index contributed by atoms with van der Waals surface area (Å²) in [7, 11) is 1.95. The highest BCUT2D eigenvalue weighted by molar-refractivity contribution is 6.37. The van der Waals surface area contributed by atoms with Crippen LogP contribution >= 0.6 is 23.2 Å². The monoisotopic (exact) mass is 641 g/mol. The zero-order valence-electron chi connectivity index (χ0n) is 25.4. The second-order valence-corrected chi connectivity index (χ2v) is 12.0. The summed E-state index contributed by atoms with van der Waals surface area (Å²) in [5, 5.41) is 15.3. The van der Waals surface area contributed by atoms with Crippen molar-refractivity contribution in [2.75, 3.05) is 11.9 Å². The van der Waals surface area contributed by atoms with Crippen molar-refractivity contribution in [3.05, 3.63) is 140 Å². The number of aromatic carboxylic acids is 1. The molecule has 45 heavy (non-hydrogen) atoms. The van der Waals surface area contributed by atoms with Gasteiger partial charge in [0.15, 0.2) is 5.78 Å². The number of hydrogen-bond acceptors (Lipinski definition) is 5. The summed E-state index contributed by atoms with van der Waals surface area (Å²) in [5.41, 5.74) is 5.88. The number of benzene rings is 4. The summed E-state index contributed by atoms with van der Waals surface area (Å²) in [5.74, 6) is -0.559. The molecule has 4 aromatic carbocycles. The number of aromatic nitrogens is 2. The van der Waals surface area contributed by atoms with Crippen LogP contribution in [0.15, 0.2) is 91.1 Å². The molecule has 9 heteroatoms. The third kappa shape index (κ3) is 6.90. The molecule has 0 aliphatic heterocycles. The summed E-state index contributed by atoms with van der Waals surface area (Å²) < 4.78 is 8.03. The number of carboxylic acids is 1. The number of halogens is 2. The van der Waals surface area contributed by atoms with Crippen molar-refractivity contribution in [2.24, 2.45) is 0 Å². The molecule has 0 amide bonds. The molecule has 0 fully saturated rings. The number of aryl methyl sites for hydroxylation is 1. The van der Waals surface area contributed by atoms with Crippen molar-refractivity contribution in [3.8, 4) is 11.4 Å². The van der Waals surface area contributed by atoms with Crippen LogP contribution in [0.2, 0.25) is 10.0 Å². The minimum atomic E-state index is -1.14. The molecule has 1 heterocycles. The van der Waals surface area contributed by atoms with E-state index in [4.69, 9.17) is 27.9 Å². The molecule has 230 valence electrons. The number of carbonyl (C=O) groups excluding carboxylic acids is 1. The van der Waals surface area contributed by atoms with Crippen LogP contribution in [-0.2, 0) is 13.2 Å². The molecule has 5 rings (SSSR count). The van der Waals surface area contributed by atoms with E-state index in [1.165, 1.54) is 6.07 Å². The summed E-state index contributed by atoms with van der Waals surface area (Å²) in [6, 6.07) is 24.8. The molecule has 0 unspecified atom stereocenters. The van der Waals surface area contributed by atoms with Crippen molar-refractivity contribution in [1.82, 2.24) is 9.78 Å². The van der Waals surface area contributed by atoms with Gasteiger partial charge in [-0.05, 0) is 72.0 Å². The normalized spacial score (nSPS) is 11.1. The van der Waals surface area contributed by atoms with Crippen molar-refractivity contribution < 1.29 is 19.4 Å². The lowest BCUT2D eigenvalue weighted by Crippen LogP contribution is -2.18. The number of para-hydroxylation sites is 1. The summed E-state index contributed by atoms with van der Waals surface area (Å²) in [6.07, 6.45) is 1.83. The van der Waals surface area contributed by atoms with Gasteiger partial charge in [0.2, 0.25) is 0 Å². The van der Waals surface area contributed by atoms with Crippen LogP contribution in [0.5, 0.6) is 5.75 Å². The van der Waals surface area contributed by atoms with Gasteiger partial charge in [-0.1, -0.05) is 79.5 Å². The van der Waals surface area contributed by atoms with Crippen molar-refractivity contribution in [3.63, 3.8) is 0 Å². The molecule has 0 saturated carbocycles. The van der Waals surface area contributed by atoms with Gasteiger partial charge in [0.25, 0.3) is 0 Å². The first-order valence-corrected chi connectivity index (χ1v) is 15.2. The Hall–Kier alpha value is -4.59. The van der Waals surface area contributed by atoms with Gasteiger partial charge < -0.3 is 14.7 Å². The van der Waals surface area contributed by atoms with E-state index >= 15 is 0 Å². The third-order valence-electron chi connectivity index (χ3n) is 7.64. The molecule has 0 bridgehead atoms. The van der Waals surface area contributed by atoms with E-state index in [-0.39, 0.29) is 29.4 Å². The highest BCUT2D eigenvalue weighted by Crippen LogP contribution is 2.33. The van der Waals surface area contributed by atoms with Crippen molar-refractivity contribution in [1.29, 1.82) is 0 Å². The lowest BCUT2D eigenvalue weighted by molar-refractivity contribution is 0.0692. The first-order valence-electron chi connectivity index (χ1n) is 14.5. The summed E-state index contributed by atoms with van der Waals surface area (Å²) in [4.78, 5) is 27.2. The zero-order valence-corrected chi connectivity index (χ0v) is 26.9. The molecular weight excluding hydrogens is 609 g/mol. The predicted octanol–water partition coefficient (Wildman–Crippen LogP) is 8.76. The Balaban J connectivity index is 1.35. The number of rotatable bonds is 11. The average molecular weight is 643 g/mol. The van der Waals surface area contributed by atoms with Crippen molar-refractivity contribution >= 4 is 40.6 Å². The van der Waals surface area contributed by atoms with Gasteiger partial charge in [0.1, 0.15) is 18.0 Å². The number of nitrogens with zero attached hydrogens (tertiary/aromatic N) is 3. The maximum absolute atomic E-state index is 13.2. The minimum Gasteiger partial charge on any atom is -0.487 e. The number of ketones is 1. The maximum atomic E-state index is 13.2. The Morgan fingerprint density at radius 3 is 2.29 bits per heavy atom. The largest absolute Gasteiger partial charge is 0.487 e. The second-order valence-electron chi connectivity index (χ2n) is 11.2. The topological polar surface area (TPSA) is 84.7 Å². The van der Waals surface area contributed by atoms with Crippen LogP contribution < -0.4 is 9.64 Å². The first kappa shape index (κ1) is 31.8. The van der Waals surface area contributed by atoms with E-state index in [2.05, 4.69) is 23.8 Å². The number of hydrogen-bond donors (Lipinski definition) is 1. The van der Waals surface area contributed by atoms with Crippen LogP contribution in [0.1, 0.15) is 68.4 Å². The van der Waals surface area contributed by atoms with Gasteiger partial charge in [-0.15, -0.1) is 0 Å². The van der Waals surface area contributed by atoms with Crippen LogP contribution in [0.3, 0.4) is 0 Å². The SMILES string of the molecule is Cc1cc(OCc2c(C(C)C)cnn2-c2c(Cl)cccc2Cl)ccc1N(C)Cc1ccc(C(=O)O)c(C(=O)c2ccccc2)c1. The Morgan fingerprint density at radius 2 is 1.64 bits per heavy atom. The molecule has 0 saturated heterocycles. The molecule has 5 aromatic rings. The highest BCUT2D eigenvalue weighted by atomic mass is 35.5. The van der Waals surface area contributed by atoms with E-state index in [1.807, 2.05) is 44.4 Å². The fourth-order valence-electron chi connectivity index (χ4n) is 5.36. The molecule has 7 nitrogen and oxygen atoms in total. The molecule has 1 aromatic heterocycles. The summed E-state index contributed by atoms with van der Waals surface area (Å²) in [6.45, 7) is 6.93. The molecule has 1 N–H and O–H groups in total. The van der Waals surface area contributed by atoms with E-state index < -0.39 is 5.97 Å². The Labute approximate surface area is 272 Å². The lowest BCUT2D eigenvalue weighted by Gasteiger charge is -2.23. The summed E-state index contributed by atoms with van der Waals surface area (Å²) >= 11 is 13.0. The fraction of sp³-hybridized carbons (Fsp3) is 0.194. The molecule has 0 aliphatic carbocycles. The minimum absolute atomic E-state index is 0.0216. The Morgan fingerprint density at radius 1 is 0.933 bits per heavy atom. The standard InChI is InChI=1S/C36H33Cl2N3O4/c1-22(2)29-19-39-41(34-30(37)11-8-12-31(34)38)33(29)21-45-26-14-16-32(23(3)17-26)40(4)20-24-13-15-27(36(43)44)28(18-24)35(42)25-9-6-5-7-10-25/h5-19,22H,20-21H2,1-4H3,(H,43,44). The Kier molecular flexibility index (Phi) is 9.61. The van der Waals surface area contributed by atoms with E-state index in [0.717, 1.165) is 28.1 Å². The third-order valence-corrected chi connectivity index (χ3v) is 8.25. The van der Waals surface area contributed by atoms with Gasteiger partial charge in [-0.3, -0.25) is 4.79 Å². The number of anilines is 1. The highest BCUT2D eigenvalue weighted by Gasteiger charge is 2.21. The first-order chi connectivity index (χ1) is 21.5. The van der Waals surface area contributed by atoms with Crippen LogP contribution in [-0.4, -0.2) is 33.7 Å². The van der Waals surface area contributed by atoms with Gasteiger partial charge in [0.05, 0.1) is 27.5 Å². The number of carboxylic acid groups (broad SMARTS) is 1. The molecule has 0 atom stereocenters. The maximum Gasteiger partial charge on any atom is 0.336 e. The molecule has 0 aliphatic rings. The van der Waals surface area contributed by atoms with Gasteiger partial charge in [0, 0.05) is 30.4 Å². The molecular formula is C36H33Cl2N3O4. The quantitative estimate of drug-likeness (QED) is 0.145. The van der Waals surface area contributed by atoms with Gasteiger partial charge >= 0.3 is 5.97 Å². The van der Waals surface area contributed by atoms with Gasteiger partial charge in [-0.25, -0.2) is 9.48 Å². The predicted molar refractivity (Wildman–Crippen MR) is 179 cm³/mol. The zero-order chi connectivity index (χ0) is 32.2. The number of ether oxygens (including phenoxy) is 1. The van der Waals surface area contributed by atoms with Crippen LogP contribution in [0, 0.1) is 6.92 Å². The smallest absolute Gasteiger partial charge is 0.336 e. The number of carbonyl (C=O) groups is 2. The van der Waals surface area contributed by atoms with Crippen LogP contribution in [0.25, 0.3) is 5.69 Å². The second kappa shape index (κ2) is 13.6. The Bertz CT molecular complexity index is 1850. The molecule has 0 spiro atoms. The van der Waals surface area contributed by atoms with Crippen LogP contribution in [0.4, 0.5) is 5.69 Å².